The van der Waals surface area contributed by atoms with Crippen LogP contribution in [-0.4, -0.2) is 17.6 Å². The Morgan fingerprint density at radius 1 is 1.77 bits per heavy atom. The largest absolute Gasteiger partial charge is 0.462 e. The fraction of sp³-hybridized carbons (Fsp3) is 0.250. The standard InChI is InChI=1S/C8H7FINO2/c1-2-13-8(12)5-3-4-11-7(9)6(5)10/h3-4H,2H2,1H3. The monoisotopic (exact) mass is 295 g/mol. The summed E-state index contributed by atoms with van der Waals surface area (Å²) in [6.07, 6.45) is 1.24. The first-order valence-electron chi connectivity index (χ1n) is 3.64. The second-order valence-corrected chi connectivity index (χ2v) is 3.26. The molecule has 70 valence electrons. The first-order valence-corrected chi connectivity index (χ1v) is 4.71. The predicted octanol–water partition coefficient (Wildman–Crippen LogP) is 2.00. The van der Waals surface area contributed by atoms with Crippen LogP contribution in [0.3, 0.4) is 0 Å². The average molecular weight is 295 g/mol. The Morgan fingerprint density at radius 2 is 2.46 bits per heavy atom. The molecule has 0 saturated carbocycles. The normalized spacial score (nSPS) is 9.77. The summed E-state index contributed by atoms with van der Waals surface area (Å²) in [6.45, 7) is 1.97. The molecule has 0 spiro atoms. The molecule has 0 saturated heterocycles. The van der Waals surface area contributed by atoms with E-state index in [0.717, 1.165) is 0 Å². The van der Waals surface area contributed by atoms with Gasteiger partial charge in [-0.15, -0.1) is 0 Å². The Balaban J connectivity index is 3.01. The van der Waals surface area contributed by atoms with Gasteiger partial charge in [0.1, 0.15) is 0 Å². The van der Waals surface area contributed by atoms with Crippen molar-refractivity contribution in [2.24, 2.45) is 0 Å². The van der Waals surface area contributed by atoms with Crippen molar-refractivity contribution < 1.29 is 13.9 Å². The van der Waals surface area contributed by atoms with Gasteiger partial charge in [-0.05, 0) is 35.6 Å². The summed E-state index contributed by atoms with van der Waals surface area (Å²) >= 11 is 1.72. The summed E-state index contributed by atoms with van der Waals surface area (Å²) in [7, 11) is 0. The van der Waals surface area contributed by atoms with Crippen molar-refractivity contribution in [1.29, 1.82) is 0 Å². The van der Waals surface area contributed by atoms with E-state index in [0.29, 0.717) is 0 Å². The second kappa shape index (κ2) is 4.50. The lowest BCUT2D eigenvalue weighted by molar-refractivity contribution is 0.0524. The minimum Gasteiger partial charge on any atom is -0.462 e. The molecule has 3 nitrogen and oxygen atoms in total. The molecule has 0 aromatic carbocycles. The van der Waals surface area contributed by atoms with Crippen LogP contribution in [0.15, 0.2) is 12.3 Å². The molecule has 0 atom stereocenters. The molecule has 0 bridgehead atoms. The summed E-state index contributed by atoms with van der Waals surface area (Å²) in [5.74, 6) is -1.17. The van der Waals surface area contributed by atoms with Crippen LogP contribution in [-0.2, 0) is 4.74 Å². The number of aromatic nitrogens is 1. The summed E-state index contributed by atoms with van der Waals surface area (Å²) in [6, 6.07) is 1.43. The van der Waals surface area contributed by atoms with Gasteiger partial charge in [0.25, 0.3) is 0 Å². The van der Waals surface area contributed by atoms with Gasteiger partial charge in [0, 0.05) is 6.20 Å². The number of carbonyl (C=O) groups is 1. The first kappa shape index (κ1) is 10.4. The molecule has 0 radical (unpaired) electrons. The molecule has 0 N–H and O–H groups in total. The van der Waals surface area contributed by atoms with Gasteiger partial charge < -0.3 is 4.74 Å². The molecule has 0 aliphatic rings. The lowest BCUT2D eigenvalue weighted by atomic mass is 10.3. The number of nitrogens with zero attached hydrogens (tertiary/aromatic N) is 1. The number of ether oxygens (including phenoxy) is 1. The maximum absolute atomic E-state index is 12.9. The summed E-state index contributed by atoms with van der Waals surface area (Å²) < 4.78 is 17.8. The van der Waals surface area contributed by atoms with E-state index in [1.165, 1.54) is 12.3 Å². The Morgan fingerprint density at radius 3 is 3.08 bits per heavy atom. The van der Waals surface area contributed by atoms with E-state index in [1.807, 2.05) is 0 Å². The highest BCUT2D eigenvalue weighted by Gasteiger charge is 2.14. The van der Waals surface area contributed by atoms with Crippen molar-refractivity contribution >= 4 is 28.6 Å². The van der Waals surface area contributed by atoms with Crippen LogP contribution >= 0.6 is 22.6 Å². The molecule has 0 amide bonds. The van der Waals surface area contributed by atoms with Crippen LogP contribution in [0.1, 0.15) is 17.3 Å². The average Bonchev–Trinajstić information content (AvgIpc) is 2.10. The van der Waals surface area contributed by atoms with E-state index in [1.54, 1.807) is 29.5 Å². The molecule has 0 unspecified atom stereocenters. The fourth-order valence-corrected chi connectivity index (χ4v) is 1.32. The third kappa shape index (κ3) is 2.36. The summed E-state index contributed by atoms with van der Waals surface area (Å²) in [4.78, 5) is 14.6. The highest BCUT2D eigenvalue weighted by Crippen LogP contribution is 2.14. The highest BCUT2D eigenvalue weighted by molar-refractivity contribution is 14.1. The summed E-state index contributed by atoms with van der Waals surface area (Å²) in [5.41, 5.74) is 0.218. The lowest BCUT2D eigenvalue weighted by Gasteiger charge is -2.03. The zero-order chi connectivity index (χ0) is 9.84. The molecular formula is C8H7FINO2. The molecule has 0 fully saturated rings. The van der Waals surface area contributed by atoms with Crippen LogP contribution in [0, 0.1) is 9.52 Å². The molecule has 13 heavy (non-hydrogen) atoms. The number of esters is 1. The minimum absolute atomic E-state index is 0.193. The van der Waals surface area contributed by atoms with Gasteiger partial charge in [0.2, 0.25) is 5.95 Å². The Labute approximate surface area is 88.4 Å². The molecule has 0 aliphatic heterocycles. The Kier molecular flexibility index (Phi) is 3.58. The topological polar surface area (TPSA) is 39.2 Å². The number of halogens is 2. The smallest absolute Gasteiger partial charge is 0.339 e. The van der Waals surface area contributed by atoms with Crippen molar-refractivity contribution in [3.8, 4) is 0 Å². The fourth-order valence-electron chi connectivity index (χ4n) is 0.785. The SMILES string of the molecule is CCOC(=O)c1ccnc(F)c1I. The van der Waals surface area contributed by atoms with Gasteiger partial charge in [-0.1, -0.05) is 0 Å². The van der Waals surface area contributed by atoms with Crippen molar-refractivity contribution in [1.82, 2.24) is 4.98 Å². The van der Waals surface area contributed by atoms with Crippen molar-refractivity contribution in [2.45, 2.75) is 6.92 Å². The number of carbonyl (C=O) groups excluding carboxylic acids is 1. The van der Waals surface area contributed by atoms with E-state index in [9.17, 15) is 9.18 Å². The van der Waals surface area contributed by atoms with E-state index in [4.69, 9.17) is 4.74 Å². The minimum atomic E-state index is -0.647. The molecule has 0 aliphatic carbocycles. The Bertz CT molecular complexity index is 330. The van der Waals surface area contributed by atoms with Crippen LogP contribution < -0.4 is 0 Å². The maximum Gasteiger partial charge on any atom is 0.339 e. The zero-order valence-corrected chi connectivity index (χ0v) is 9.04. The van der Waals surface area contributed by atoms with E-state index >= 15 is 0 Å². The molecule has 1 heterocycles. The van der Waals surface area contributed by atoms with Gasteiger partial charge >= 0.3 is 5.97 Å². The molecule has 1 aromatic rings. The van der Waals surface area contributed by atoms with Crippen LogP contribution in [0.5, 0.6) is 0 Å². The zero-order valence-electron chi connectivity index (χ0n) is 6.88. The number of hydrogen-bond acceptors (Lipinski definition) is 3. The van der Waals surface area contributed by atoms with E-state index in [2.05, 4.69) is 4.98 Å². The van der Waals surface area contributed by atoms with Gasteiger partial charge in [-0.2, -0.15) is 4.39 Å². The van der Waals surface area contributed by atoms with Gasteiger partial charge in [-0.25, -0.2) is 9.78 Å². The van der Waals surface area contributed by atoms with E-state index < -0.39 is 11.9 Å². The number of pyridine rings is 1. The molecule has 1 rings (SSSR count). The number of hydrogen-bond donors (Lipinski definition) is 0. The van der Waals surface area contributed by atoms with Crippen molar-refractivity contribution in [3.63, 3.8) is 0 Å². The van der Waals surface area contributed by atoms with Crippen molar-refractivity contribution in [3.05, 3.63) is 27.3 Å². The van der Waals surface area contributed by atoms with Crippen molar-refractivity contribution in [2.75, 3.05) is 6.61 Å². The lowest BCUT2D eigenvalue weighted by Crippen LogP contribution is -2.08. The maximum atomic E-state index is 12.9. The number of rotatable bonds is 2. The third-order valence-electron chi connectivity index (χ3n) is 1.34. The van der Waals surface area contributed by atoms with Gasteiger partial charge in [-0.3, -0.25) is 0 Å². The molecule has 5 heteroatoms. The van der Waals surface area contributed by atoms with Crippen LogP contribution in [0.25, 0.3) is 0 Å². The molecular weight excluding hydrogens is 288 g/mol. The first-order chi connectivity index (χ1) is 6.16. The highest BCUT2D eigenvalue weighted by atomic mass is 127. The van der Waals surface area contributed by atoms with Gasteiger partial charge in [0.05, 0.1) is 15.7 Å². The summed E-state index contributed by atoms with van der Waals surface area (Å²) in [5, 5.41) is 0. The van der Waals surface area contributed by atoms with Gasteiger partial charge in [0.15, 0.2) is 0 Å². The quantitative estimate of drug-likeness (QED) is 0.476. The van der Waals surface area contributed by atoms with E-state index in [-0.39, 0.29) is 15.7 Å². The predicted molar refractivity (Wildman–Crippen MR) is 52.9 cm³/mol. The second-order valence-electron chi connectivity index (χ2n) is 2.18. The third-order valence-corrected chi connectivity index (χ3v) is 2.37. The molecule has 1 aromatic heterocycles. The Hall–Kier alpha value is -0.720. The van der Waals surface area contributed by atoms with Crippen LogP contribution in [0.4, 0.5) is 4.39 Å². The van der Waals surface area contributed by atoms with Crippen LogP contribution in [0.2, 0.25) is 0 Å².